The van der Waals surface area contributed by atoms with Gasteiger partial charge in [0.05, 0.1) is 19.4 Å². The molecule has 0 spiro atoms. The van der Waals surface area contributed by atoms with Crippen LogP contribution in [-0.2, 0) is 25.1 Å². The topological polar surface area (TPSA) is 93.8 Å². The van der Waals surface area contributed by atoms with Gasteiger partial charge in [0, 0.05) is 25.3 Å². The summed E-state index contributed by atoms with van der Waals surface area (Å²) < 4.78 is 35.4. The quantitative estimate of drug-likeness (QED) is 0.0727. The molecule has 0 fully saturated rings. The lowest BCUT2D eigenvalue weighted by Crippen LogP contribution is -2.37. The number of methoxy groups -OCH3 is 1. The average Bonchev–Trinajstić information content (AvgIpc) is 2.95. The maximum absolute atomic E-state index is 12.4. The van der Waals surface area contributed by atoms with E-state index in [1.165, 1.54) is 84.2 Å². The third-order valence-electron chi connectivity index (χ3n) is 6.83. The van der Waals surface area contributed by atoms with Gasteiger partial charge in [0.2, 0.25) is 0 Å². The fourth-order valence-electron chi connectivity index (χ4n) is 4.47. The number of aromatic nitrogens is 2. The van der Waals surface area contributed by atoms with Gasteiger partial charge in [0.15, 0.2) is 12.7 Å². The predicted octanol–water partition coefficient (Wildman–Crippen LogP) is 6.79. The Morgan fingerprint density at radius 1 is 0.875 bits per heavy atom. The molecule has 2 unspecified atom stereocenters. The van der Waals surface area contributed by atoms with Crippen LogP contribution in [0.4, 0.5) is 0 Å². The highest BCUT2D eigenvalue weighted by Gasteiger charge is 2.17. The Labute approximate surface area is 242 Å². The smallest absolute Gasteiger partial charge is 0.319 e. The minimum absolute atomic E-state index is 0.167. The third kappa shape index (κ3) is 17.1. The zero-order chi connectivity index (χ0) is 28.7. The summed E-state index contributed by atoms with van der Waals surface area (Å²) in [6.45, 7) is 3.49. The van der Waals surface area contributed by atoms with Crippen molar-refractivity contribution in [2.75, 3.05) is 26.9 Å². The Morgan fingerprint density at radius 3 is 2.12 bits per heavy atom. The molecule has 1 aromatic heterocycles. The van der Waals surface area contributed by atoms with Gasteiger partial charge in [0.1, 0.15) is 11.9 Å². The van der Waals surface area contributed by atoms with Crippen LogP contribution in [0, 0.1) is 0 Å². The minimum Gasteiger partial charge on any atom is -0.746 e. The molecule has 0 saturated carbocycles. The molecule has 9 heteroatoms. The van der Waals surface area contributed by atoms with E-state index in [0.29, 0.717) is 13.2 Å². The van der Waals surface area contributed by atoms with Crippen molar-refractivity contribution in [3.05, 3.63) is 54.4 Å². The average molecular weight is 579 g/mol. The van der Waals surface area contributed by atoms with Crippen molar-refractivity contribution in [1.29, 1.82) is 0 Å². The van der Waals surface area contributed by atoms with Gasteiger partial charge in [0.25, 0.3) is 0 Å². The first kappa shape index (κ1) is 34.4. The van der Waals surface area contributed by atoms with Crippen molar-refractivity contribution >= 4 is 7.82 Å². The van der Waals surface area contributed by atoms with Crippen molar-refractivity contribution in [3.8, 4) is 5.75 Å². The molecule has 2 rings (SSSR count). The molecule has 0 aliphatic rings. The summed E-state index contributed by atoms with van der Waals surface area (Å²) in [5.74, 6) is 0.190. The Morgan fingerprint density at radius 2 is 1.52 bits per heavy atom. The first-order chi connectivity index (χ1) is 19.5. The van der Waals surface area contributed by atoms with Crippen molar-refractivity contribution in [2.24, 2.45) is 0 Å². The van der Waals surface area contributed by atoms with Crippen LogP contribution >= 0.6 is 7.82 Å². The maximum atomic E-state index is 12.4. The second kappa shape index (κ2) is 21.9. The molecule has 0 aliphatic carbocycles. The molecule has 0 saturated heterocycles. The van der Waals surface area contributed by atoms with E-state index in [4.69, 9.17) is 18.5 Å². The predicted molar refractivity (Wildman–Crippen MR) is 156 cm³/mol. The van der Waals surface area contributed by atoms with E-state index in [0.717, 1.165) is 18.4 Å². The lowest BCUT2D eigenvalue weighted by atomic mass is 10.0. The van der Waals surface area contributed by atoms with E-state index < -0.39 is 13.9 Å². The molecule has 8 nitrogen and oxygen atoms in total. The lowest BCUT2D eigenvalue weighted by molar-refractivity contribution is -0.746. The number of ether oxygens (including phenoxy) is 2. The Kier molecular flexibility index (Phi) is 18.8. The number of benzene rings is 1. The number of nitrogens with zero attached hydrogens (tertiary/aromatic N) is 2. The number of rotatable bonds is 25. The van der Waals surface area contributed by atoms with Crippen LogP contribution in [0.2, 0.25) is 0 Å². The van der Waals surface area contributed by atoms with Gasteiger partial charge >= 0.3 is 7.82 Å². The van der Waals surface area contributed by atoms with Crippen LogP contribution in [0.3, 0.4) is 0 Å². The monoisotopic (exact) mass is 578 g/mol. The number of hydrogen-bond donors (Lipinski definition) is 0. The van der Waals surface area contributed by atoms with Crippen LogP contribution in [0.1, 0.15) is 102 Å². The van der Waals surface area contributed by atoms with E-state index in [1.807, 2.05) is 24.4 Å². The third-order valence-corrected chi connectivity index (χ3v) is 7.73. The van der Waals surface area contributed by atoms with Crippen molar-refractivity contribution in [3.63, 3.8) is 0 Å². The highest BCUT2D eigenvalue weighted by Crippen LogP contribution is 2.39. The molecule has 1 aromatic carbocycles. The van der Waals surface area contributed by atoms with Crippen molar-refractivity contribution in [2.45, 2.75) is 109 Å². The number of phosphoric acid groups is 1. The molecular weight excluding hydrogens is 527 g/mol. The van der Waals surface area contributed by atoms with Crippen LogP contribution in [-0.4, -0.2) is 38.1 Å². The van der Waals surface area contributed by atoms with Crippen LogP contribution in [0.25, 0.3) is 0 Å². The highest BCUT2D eigenvalue weighted by molar-refractivity contribution is 7.46. The molecule has 226 valence electrons. The van der Waals surface area contributed by atoms with E-state index in [2.05, 4.69) is 12.0 Å². The van der Waals surface area contributed by atoms with Gasteiger partial charge in [-0.25, -0.2) is 0 Å². The van der Waals surface area contributed by atoms with E-state index in [-0.39, 0.29) is 19.0 Å². The fraction of sp³-hybridized carbons (Fsp3) is 0.677. The van der Waals surface area contributed by atoms with Gasteiger partial charge in [-0.2, -0.15) is 0 Å². The highest BCUT2D eigenvalue weighted by atomic mass is 31.2. The molecule has 2 atom stereocenters. The van der Waals surface area contributed by atoms with Crippen molar-refractivity contribution < 1.29 is 32.7 Å². The Balaban J connectivity index is 1.50. The molecule has 0 N–H and O–H groups in total. The Hall–Kier alpha value is -1.83. The van der Waals surface area contributed by atoms with Crippen LogP contribution in [0.15, 0.2) is 48.8 Å². The number of phosphoric ester groups is 1. The van der Waals surface area contributed by atoms with Gasteiger partial charge in [-0.05, 0) is 29.7 Å². The zero-order valence-corrected chi connectivity index (χ0v) is 25.6. The lowest BCUT2D eigenvalue weighted by Gasteiger charge is -2.25. The van der Waals surface area contributed by atoms with Gasteiger partial charge in [-0.3, -0.25) is 4.57 Å². The molecule has 40 heavy (non-hydrogen) atoms. The molecule has 0 bridgehead atoms. The molecule has 0 radical (unpaired) electrons. The first-order valence-corrected chi connectivity index (χ1v) is 16.6. The maximum Gasteiger partial charge on any atom is 0.319 e. The fourth-order valence-corrected chi connectivity index (χ4v) is 5.24. The summed E-state index contributed by atoms with van der Waals surface area (Å²) in [6, 6.07) is 10.6. The largest absolute Gasteiger partial charge is 0.746 e. The molecule has 0 aliphatic heterocycles. The van der Waals surface area contributed by atoms with Crippen LogP contribution < -0.4 is 14.1 Å². The number of unbranched alkanes of at least 4 members (excludes halogenated alkanes) is 13. The summed E-state index contributed by atoms with van der Waals surface area (Å²) in [5, 5.41) is 4.22. The summed E-state index contributed by atoms with van der Waals surface area (Å²) >= 11 is 0. The second-order valence-electron chi connectivity index (χ2n) is 10.4. The SMILES string of the molecule is CCCCCCCCCCCCCCCCOCC(COP(=O)([O-])Oc1cccc(C[n+]2ccccn2)c1)OC. The summed E-state index contributed by atoms with van der Waals surface area (Å²) in [7, 11) is -3.05. The van der Waals surface area contributed by atoms with E-state index in [9.17, 15) is 9.46 Å². The van der Waals surface area contributed by atoms with E-state index >= 15 is 0 Å². The molecule has 2 aromatic rings. The zero-order valence-electron chi connectivity index (χ0n) is 24.7. The minimum atomic E-state index is -4.57. The van der Waals surface area contributed by atoms with Crippen LogP contribution in [0.5, 0.6) is 5.75 Å². The Bertz CT molecular complexity index is 933. The molecular formula is C31H51N2O6P. The summed E-state index contributed by atoms with van der Waals surface area (Å²) in [6.07, 6.45) is 21.4. The summed E-state index contributed by atoms with van der Waals surface area (Å²) in [5.41, 5.74) is 0.855. The standard InChI is InChI=1S/C31H51N2O6P/c1-3-4-5-6-7-8-9-10-11-12-13-14-15-18-24-37-27-31(36-2)28-38-40(34,35)39-30-21-19-20-29(25-30)26-33-23-17-16-22-32-33/h16-17,19-23,25,31H,3-15,18,24,26-28H2,1-2H3. The van der Waals surface area contributed by atoms with Gasteiger partial charge in [-0.1, -0.05) is 107 Å². The molecule has 0 amide bonds. The summed E-state index contributed by atoms with van der Waals surface area (Å²) in [4.78, 5) is 12.4. The normalized spacial score (nSPS) is 13.7. The van der Waals surface area contributed by atoms with Gasteiger partial charge < -0.3 is 23.4 Å². The number of hydrogen-bond acceptors (Lipinski definition) is 7. The molecule has 1 heterocycles. The second-order valence-corrected chi connectivity index (χ2v) is 11.7. The van der Waals surface area contributed by atoms with Crippen molar-refractivity contribution in [1.82, 2.24) is 5.10 Å². The van der Waals surface area contributed by atoms with E-state index in [1.54, 1.807) is 29.1 Å². The van der Waals surface area contributed by atoms with Gasteiger partial charge in [-0.15, -0.1) is 0 Å². The first-order valence-electron chi connectivity index (χ1n) is 15.2.